The zero-order valence-corrected chi connectivity index (χ0v) is 6.52. The van der Waals surface area contributed by atoms with Gasteiger partial charge in [-0.1, -0.05) is 0 Å². The predicted molar refractivity (Wildman–Crippen MR) is 44.1 cm³/mol. The first-order valence-corrected chi connectivity index (χ1v) is 3.59. The number of nitrogens with two attached hydrogens (primary N) is 1. The van der Waals surface area contributed by atoms with Crippen molar-refractivity contribution < 1.29 is 4.79 Å². The highest BCUT2D eigenvalue weighted by Crippen LogP contribution is 2.06. The van der Waals surface area contributed by atoms with Crippen molar-refractivity contribution in [2.75, 3.05) is 7.05 Å². The summed E-state index contributed by atoms with van der Waals surface area (Å²) in [5.41, 5.74) is 0. The van der Waals surface area contributed by atoms with Gasteiger partial charge < -0.3 is 5.32 Å². The average Bonchev–Trinajstić information content (AvgIpc) is 1.98. The van der Waals surface area contributed by atoms with Crippen molar-refractivity contribution in [3.05, 3.63) is 23.3 Å². The van der Waals surface area contributed by atoms with Gasteiger partial charge in [-0.25, -0.2) is 0 Å². The van der Waals surface area contributed by atoms with Crippen LogP contribution in [0.5, 0.6) is 0 Å². The fourth-order valence-electron chi connectivity index (χ4n) is 0.398. The molecule has 0 aromatic heterocycles. The fourth-order valence-corrected chi connectivity index (χ4v) is 0.741. The van der Waals surface area contributed by atoms with Crippen LogP contribution in [0.3, 0.4) is 0 Å². The number of hydrogen-bond donors (Lipinski definition) is 2. The number of rotatable bonds is 4. The molecule has 4 heteroatoms. The van der Waals surface area contributed by atoms with E-state index >= 15 is 0 Å². The van der Waals surface area contributed by atoms with E-state index in [2.05, 4.69) is 5.32 Å². The Bertz CT molecular complexity index is 151. The second-order valence-electron chi connectivity index (χ2n) is 1.45. The Morgan fingerprint density at radius 3 is 2.80 bits per heavy atom. The number of carbonyl (C=O) groups is 1. The molecule has 0 aromatic rings. The molecule has 0 aromatic carbocycles. The van der Waals surface area contributed by atoms with Crippen LogP contribution >= 0.6 is 11.9 Å². The molecule has 0 radical (unpaired) electrons. The van der Waals surface area contributed by atoms with Crippen molar-refractivity contribution >= 4 is 18.2 Å². The molecular weight excluding hydrogens is 148 g/mol. The maximum Gasteiger partial charge on any atom is 0.142 e. The molecular formula is C6H10N2OS. The summed E-state index contributed by atoms with van der Waals surface area (Å²) in [4.78, 5) is 10.7. The van der Waals surface area contributed by atoms with E-state index in [1.54, 1.807) is 19.3 Å². The second-order valence-corrected chi connectivity index (χ2v) is 2.16. The standard InChI is InChI=1S/C6H10N2OS/c1-8-5-6(10-7)3-2-4-9/h2-5,8H,7H2,1H3/b3-2-,6-5+. The molecule has 0 spiro atoms. The van der Waals surface area contributed by atoms with E-state index < -0.39 is 0 Å². The molecule has 3 nitrogen and oxygen atoms in total. The van der Waals surface area contributed by atoms with Crippen LogP contribution < -0.4 is 10.5 Å². The summed E-state index contributed by atoms with van der Waals surface area (Å²) in [5, 5.41) is 8.04. The lowest BCUT2D eigenvalue weighted by atomic mass is 10.5. The molecule has 0 saturated heterocycles. The van der Waals surface area contributed by atoms with Crippen LogP contribution in [-0.4, -0.2) is 13.3 Å². The van der Waals surface area contributed by atoms with Crippen LogP contribution in [0.15, 0.2) is 23.3 Å². The SMILES string of the molecule is CN/C=C(\C=C/C=O)SN. The molecule has 3 N–H and O–H groups in total. The summed E-state index contributed by atoms with van der Waals surface area (Å²) in [6.07, 6.45) is 5.45. The van der Waals surface area contributed by atoms with Gasteiger partial charge in [0.1, 0.15) is 6.29 Å². The second kappa shape index (κ2) is 6.38. The topological polar surface area (TPSA) is 55.1 Å². The average molecular weight is 158 g/mol. The molecule has 0 saturated carbocycles. The van der Waals surface area contributed by atoms with E-state index in [4.69, 9.17) is 5.14 Å². The first-order chi connectivity index (χ1) is 4.85. The third-order valence-electron chi connectivity index (χ3n) is 0.762. The third kappa shape index (κ3) is 4.17. The van der Waals surface area contributed by atoms with Crippen LogP contribution in [0.25, 0.3) is 0 Å². The Morgan fingerprint density at radius 1 is 1.70 bits per heavy atom. The maximum absolute atomic E-state index is 9.84. The summed E-state index contributed by atoms with van der Waals surface area (Å²) < 4.78 is 0. The highest BCUT2D eigenvalue weighted by molar-refractivity contribution is 8.01. The minimum atomic E-state index is 0.708. The summed E-state index contributed by atoms with van der Waals surface area (Å²) in [6.45, 7) is 0. The number of nitrogens with one attached hydrogen (secondary N) is 1. The van der Waals surface area contributed by atoms with Crippen molar-refractivity contribution in [2.24, 2.45) is 5.14 Å². The van der Waals surface area contributed by atoms with Crippen molar-refractivity contribution in [1.82, 2.24) is 5.32 Å². The molecule has 10 heavy (non-hydrogen) atoms. The summed E-state index contributed by atoms with van der Waals surface area (Å²) in [5.74, 6) is 0. The van der Waals surface area contributed by atoms with Crippen LogP contribution in [0.4, 0.5) is 0 Å². The van der Waals surface area contributed by atoms with Gasteiger partial charge in [-0.3, -0.25) is 9.93 Å². The number of aldehydes is 1. The summed E-state index contributed by atoms with van der Waals surface area (Å²) in [6, 6.07) is 0. The van der Waals surface area contributed by atoms with E-state index in [0.717, 1.165) is 16.9 Å². The Hall–Kier alpha value is -0.740. The van der Waals surface area contributed by atoms with Gasteiger partial charge in [-0.2, -0.15) is 0 Å². The lowest BCUT2D eigenvalue weighted by molar-refractivity contribution is -0.104. The molecule has 0 aliphatic carbocycles. The van der Waals surface area contributed by atoms with Gasteiger partial charge >= 0.3 is 0 Å². The Kier molecular flexibility index (Phi) is 5.91. The van der Waals surface area contributed by atoms with E-state index in [0.29, 0.717) is 6.29 Å². The molecule has 0 atom stereocenters. The molecule has 0 heterocycles. The Balaban J connectivity index is 3.94. The summed E-state index contributed by atoms with van der Waals surface area (Å²) >= 11 is 1.09. The zero-order chi connectivity index (χ0) is 7.82. The van der Waals surface area contributed by atoms with Gasteiger partial charge in [0, 0.05) is 18.2 Å². The van der Waals surface area contributed by atoms with E-state index in [1.807, 2.05) is 0 Å². The monoisotopic (exact) mass is 158 g/mol. The molecule has 0 rings (SSSR count). The molecule has 0 bridgehead atoms. The largest absolute Gasteiger partial charge is 0.393 e. The maximum atomic E-state index is 9.84. The molecule has 0 fully saturated rings. The van der Waals surface area contributed by atoms with Gasteiger partial charge in [0.25, 0.3) is 0 Å². The van der Waals surface area contributed by atoms with Crippen molar-refractivity contribution in [2.45, 2.75) is 0 Å². The first-order valence-electron chi connectivity index (χ1n) is 2.71. The quantitative estimate of drug-likeness (QED) is 0.269. The zero-order valence-electron chi connectivity index (χ0n) is 5.70. The van der Waals surface area contributed by atoms with Crippen molar-refractivity contribution in [1.29, 1.82) is 0 Å². The third-order valence-corrected chi connectivity index (χ3v) is 1.29. The smallest absolute Gasteiger partial charge is 0.142 e. The van der Waals surface area contributed by atoms with Crippen LogP contribution in [0.2, 0.25) is 0 Å². The molecule has 0 unspecified atom stereocenters. The molecule has 0 aliphatic heterocycles. The highest BCUT2D eigenvalue weighted by Gasteiger charge is 1.84. The minimum absolute atomic E-state index is 0.708. The van der Waals surface area contributed by atoms with Gasteiger partial charge in [-0.15, -0.1) is 0 Å². The van der Waals surface area contributed by atoms with Gasteiger partial charge in [0.05, 0.1) is 0 Å². The lowest BCUT2D eigenvalue weighted by Crippen LogP contribution is -1.94. The van der Waals surface area contributed by atoms with Gasteiger partial charge in [0.2, 0.25) is 0 Å². The predicted octanol–water partition coefficient (Wildman–Crippen LogP) is 0.409. The van der Waals surface area contributed by atoms with Crippen molar-refractivity contribution in [3.63, 3.8) is 0 Å². The minimum Gasteiger partial charge on any atom is -0.393 e. The van der Waals surface area contributed by atoms with E-state index in [-0.39, 0.29) is 0 Å². The number of carbonyl (C=O) groups excluding carboxylic acids is 1. The molecule has 0 amide bonds. The van der Waals surface area contributed by atoms with Crippen LogP contribution in [0, 0.1) is 0 Å². The molecule has 0 aliphatic rings. The molecule has 56 valence electrons. The van der Waals surface area contributed by atoms with Gasteiger partial charge in [0.15, 0.2) is 0 Å². The number of hydrogen-bond acceptors (Lipinski definition) is 4. The van der Waals surface area contributed by atoms with Crippen LogP contribution in [0.1, 0.15) is 0 Å². The Morgan fingerprint density at radius 2 is 2.40 bits per heavy atom. The van der Waals surface area contributed by atoms with E-state index in [9.17, 15) is 4.79 Å². The van der Waals surface area contributed by atoms with Crippen LogP contribution in [-0.2, 0) is 4.79 Å². The normalized spacial score (nSPS) is 12.0. The van der Waals surface area contributed by atoms with Gasteiger partial charge in [-0.05, 0) is 24.1 Å². The fraction of sp³-hybridized carbons (Fsp3) is 0.167. The van der Waals surface area contributed by atoms with Crippen molar-refractivity contribution in [3.8, 4) is 0 Å². The lowest BCUT2D eigenvalue weighted by Gasteiger charge is -1.93. The first kappa shape index (κ1) is 9.26. The highest BCUT2D eigenvalue weighted by atomic mass is 32.2. The Labute approximate surface area is 64.5 Å². The van der Waals surface area contributed by atoms with E-state index in [1.165, 1.54) is 6.08 Å². The summed E-state index contributed by atoms with van der Waals surface area (Å²) in [7, 11) is 1.77. The number of allylic oxidation sites excluding steroid dienone is 2.